The standard InChI is InChI=1S/C46H16F2N8/c1-56-34-14-27(20-51)13-31(15-34)40(22-53)46-38-17-35-37(16-36(38)42(24-55)44(46)29-4-8-33(48)9-5-29)45(43(41(35)23-54)28-2-6-32(47)7-3-28)39(21-52)30-11-25(18-49)10-26(12-30)19-50/h2-17H/b45-39-,46-40-. The molecule has 7 rings (SSSR count). The van der Waals surface area contributed by atoms with E-state index in [0.717, 1.165) is 0 Å². The van der Waals surface area contributed by atoms with Crippen LogP contribution < -0.4 is 0 Å². The van der Waals surface area contributed by atoms with Gasteiger partial charge in [0.1, 0.15) is 35.9 Å². The van der Waals surface area contributed by atoms with Crippen molar-refractivity contribution >= 4 is 50.3 Å². The zero-order chi connectivity index (χ0) is 39.7. The van der Waals surface area contributed by atoms with Gasteiger partial charge < -0.3 is 0 Å². The van der Waals surface area contributed by atoms with E-state index in [0.29, 0.717) is 33.4 Å². The molecule has 5 aromatic rings. The maximum Gasteiger partial charge on any atom is 0.189 e. The first-order valence-electron chi connectivity index (χ1n) is 16.4. The van der Waals surface area contributed by atoms with Gasteiger partial charge in [0.2, 0.25) is 0 Å². The Bertz CT molecular complexity index is 2830. The number of hydrogen-bond donors (Lipinski definition) is 0. The minimum Gasteiger partial charge on any atom is -0.238 e. The van der Waals surface area contributed by atoms with Gasteiger partial charge in [-0.1, -0.05) is 24.3 Å². The number of halogens is 2. The number of hydrogen-bond acceptors (Lipinski definition) is 7. The van der Waals surface area contributed by atoms with Gasteiger partial charge in [0, 0.05) is 39.0 Å². The third-order valence-corrected chi connectivity index (χ3v) is 9.39. The van der Waals surface area contributed by atoms with Crippen LogP contribution in [0.5, 0.6) is 0 Å². The van der Waals surface area contributed by atoms with Gasteiger partial charge in [0.25, 0.3) is 0 Å². The van der Waals surface area contributed by atoms with Gasteiger partial charge in [0.05, 0.1) is 58.2 Å². The first-order valence-corrected chi connectivity index (χ1v) is 16.4. The van der Waals surface area contributed by atoms with Crippen molar-refractivity contribution in [3.8, 4) is 42.5 Å². The Labute approximate surface area is 318 Å². The van der Waals surface area contributed by atoms with Crippen LogP contribution in [0.3, 0.4) is 0 Å². The fourth-order valence-corrected chi connectivity index (χ4v) is 7.09. The van der Waals surface area contributed by atoms with E-state index >= 15 is 0 Å². The quantitative estimate of drug-likeness (QED) is 0.131. The van der Waals surface area contributed by atoms with Crippen molar-refractivity contribution in [1.29, 1.82) is 36.8 Å². The van der Waals surface area contributed by atoms with Crippen LogP contribution in [0.15, 0.2) is 97.1 Å². The Morgan fingerprint density at radius 3 is 1.21 bits per heavy atom. The molecule has 0 aromatic heterocycles. The van der Waals surface area contributed by atoms with Crippen molar-refractivity contribution in [2.75, 3.05) is 0 Å². The molecule has 0 heterocycles. The molecule has 0 radical (unpaired) electrons. The molecule has 56 heavy (non-hydrogen) atoms. The van der Waals surface area contributed by atoms with Gasteiger partial charge in [-0.15, -0.1) is 0 Å². The Kier molecular flexibility index (Phi) is 8.88. The van der Waals surface area contributed by atoms with Gasteiger partial charge in [0.15, 0.2) is 5.69 Å². The molecule has 2 aliphatic carbocycles. The summed E-state index contributed by atoms with van der Waals surface area (Å²) in [5, 5.41) is 72.6. The molecule has 0 bridgehead atoms. The zero-order valence-corrected chi connectivity index (χ0v) is 28.6. The molecule has 0 saturated heterocycles. The van der Waals surface area contributed by atoms with E-state index in [4.69, 9.17) is 6.57 Å². The number of benzene rings is 5. The monoisotopic (exact) mass is 718 g/mol. The number of fused-ring (bicyclic) bond motifs is 2. The summed E-state index contributed by atoms with van der Waals surface area (Å²) in [6.45, 7) is 7.61. The summed E-state index contributed by atoms with van der Waals surface area (Å²) in [6.07, 6.45) is 0. The van der Waals surface area contributed by atoms with Gasteiger partial charge in [-0.2, -0.15) is 36.8 Å². The molecule has 0 saturated carbocycles. The largest absolute Gasteiger partial charge is 0.238 e. The molecular formula is C46H16F2N8. The number of allylic oxidation sites excluding steroid dienone is 8. The van der Waals surface area contributed by atoms with E-state index in [-0.39, 0.29) is 78.1 Å². The minimum absolute atomic E-state index is 0.0113. The van der Waals surface area contributed by atoms with Crippen LogP contribution in [-0.2, 0) is 0 Å². The average Bonchev–Trinajstić information content (AvgIpc) is 3.72. The lowest BCUT2D eigenvalue weighted by atomic mass is 9.86. The van der Waals surface area contributed by atoms with Crippen LogP contribution in [-0.4, -0.2) is 0 Å². The second-order valence-corrected chi connectivity index (χ2v) is 12.4. The van der Waals surface area contributed by atoms with E-state index in [1.54, 1.807) is 12.1 Å². The Morgan fingerprint density at radius 2 is 0.857 bits per heavy atom. The van der Waals surface area contributed by atoms with Crippen molar-refractivity contribution < 1.29 is 8.78 Å². The maximum absolute atomic E-state index is 14.3. The lowest BCUT2D eigenvalue weighted by Crippen LogP contribution is -1.97. The van der Waals surface area contributed by atoms with Crippen molar-refractivity contribution in [2.45, 2.75) is 0 Å². The topological polar surface area (TPSA) is 171 Å². The molecule has 8 nitrogen and oxygen atoms in total. The third kappa shape index (κ3) is 5.71. The van der Waals surface area contributed by atoms with E-state index in [2.05, 4.69) is 29.1 Å². The van der Waals surface area contributed by atoms with Gasteiger partial charge in [-0.05, 0) is 106 Å². The van der Waals surface area contributed by atoms with Crippen LogP contribution in [0.1, 0.15) is 61.2 Å². The van der Waals surface area contributed by atoms with Gasteiger partial charge in [-0.3, -0.25) is 0 Å². The molecule has 0 amide bonds. The van der Waals surface area contributed by atoms with Crippen molar-refractivity contribution in [2.24, 2.45) is 0 Å². The molecule has 0 N–H and O–H groups in total. The van der Waals surface area contributed by atoms with Gasteiger partial charge in [-0.25, -0.2) is 13.6 Å². The minimum atomic E-state index is -0.549. The number of rotatable bonds is 4. The molecule has 254 valence electrons. The van der Waals surface area contributed by atoms with E-state index < -0.39 is 11.6 Å². The van der Waals surface area contributed by atoms with E-state index in [9.17, 15) is 45.6 Å². The van der Waals surface area contributed by atoms with E-state index in [1.165, 1.54) is 84.9 Å². The second kappa shape index (κ2) is 14.1. The molecule has 0 unspecified atom stereocenters. The molecule has 0 spiro atoms. The summed E-state index contributed by atoms with van der Waals surface area (Å²) in [6, 6.07) is 37.2. The smallest absolute Gasteiger partial charge is 0.189 e. The number of nitriles is 7. The first kappa shape index (κ1) is 35.3. The molecule has 10 heteroatoms. The average molecular weight is 719 g/mol. The molecule has 0 aliphatic heterocycles. The lowest BCUT2D eigenvalue weighted by molar-refractivity contribution is 0.627. The fraction of sp³-hybridized carbons (Fsp3) is 0. The van der Waals surface area contributed by atoms with Crippen molar-refractivity contribution in [1.82, 2.24) is 0 Å². The van der Waals surface area contributed by atoms with Crippen molar-refractivity contribution in [3.63, 3.8) is 0 Å². The molecule has 0 fully saturated rings. The summed E-state index contributed by atoms with van der Waals surface area (Å²) in [4.78, 5) is 3.46. The highest BCUT2D eigenvalue weighted by Gasteiger charge is 2.37. The Hall–Kier alpha value is -9.16. The van der Waals surface area contributed by atoms with Crippen LogP contribution in [0, 0.1) is 97.5 Å². The highest BCUT2D eigenvalue weighted by atomic mass is 19.1. The van der Waals surface area contributed by atoms with Crippen molar-refractivity contribution in [3.05, 3.63) is 181 Å². The predicted molar refractivity (Wildman–Crippen MR) is 202 cm³/mol. The highest BCUT2D eigenvalue weighted by Crippen LogP contribution is 2.56. The first-order chi connectivity index (χ1) is 27.2. The van der Waals surface area contributed by atoms with Gasteiger partial charge >= 0.3 is 0 Å². The molecule has 5 aromatic carbocycles. The molecular weight excluding hydrogens is 703 g/mol. The summed E-state index contributed by atoms with van der Waals surface area (Å²) >= 11 is 0. The lowest BCUT2D eigenvalue weighted by Gasteiger charge is -2.14. The Morgan fingerprint density at radius 1 is 0.464 bits per heavy atom. The van der Waals surface area contributed by atoms with Crippen LogP contribution in [0.2, 0.25) is 0 Å². The summed E-state index contributed by atoms with van der Waals surface area (Å²) in [5.74, 6) is -1.10. The van der Waals surface area contributed by atoms with Crippen LogP contribution in [0.4, 0.5) is 14.5 Å². The summed E-state index contributed by atoms with van der Waals surface area (Å²) < 4.78 is 28.5. The molecule has 2 aliphatic rings. The molecule has 0 atom stereocenters. The third-order valence-electron chi connectivity index (χ3n) is 9.39. The Balaban J connectivity index is 1.66. The fourth-order valence-electron chi connectivity index (χ4n) is 7.09. The van der Waals surface area contributed by atoms with Crippen LogP contribution in [0.25, 0.3) is 49.4 Å². The summed E-state index contributed by atoms with van der Waals surface area (Å²) in [5.41, 5.74) is 3.86. The number of nitrogens with zero attached hydrogens (tertiary/aromatic N) is 8. The van der Waals surface area contributed by atoms with E-state index in [1.807, 2.05) is 18.2 Å². The van der Waals surface area contributed by atoms with Crippen LogP contribution >= 0.6 is 0 Å². The second-order valence-electron chi connectivity index (χ2n) is 12.4. The maximum atomic E-state index is 14.3. The predicted octanol–water partition coefficient (Wildman–Crippen LogP) is 9.90. The summed E-state index contributed by atoms with van der Waals surface area (Å²) in [7, 11) is 0. The SMILES string of the molecule is [C-]#[N+]c1cc(C#N)cc(/C(C#N)=C2\C(c3ccc(F)cc3)=C(C#N)c3cc4c(cc32)C(C#N)=C(c2ccc(F)cc2)/C4=C(/C#N)c2cc(C#N)cc(C#N)c2)c1. The normalized spacial score (nSPS) is 14.0. The highest BCUT2D eigenvalue weighted by molar-refractivity contribution is 6.34. The zero-order valence-electron chi connectivity index (χ0n) is 28.6.